The van der Waals surface area contributed by atoms with Gasteiger partial charge in [-0.15, -0.1) is 0 Å². The predicted molar refractivity (Wildman–Crippen MR) is 66.1 cm³/mol. The smallest absolute Gasteiger partial charge is 0.232 e. The van der Waals surface area contributed by atoms with Crippen LogP contribution in [0.15, 0.2) is 43.0 Å². The van der Waals surface area contributed by atoms with Crippen molar-refractivity contribution >= 4 is 17.5 Å². The van der Waals surface area contributed by atoms with Crippen LogP contribution in [0.4, 0.5) is 5.95 Å². The lowest BCUT2D eigenvalue weighted by atomic mass is 10.3. The number of rotatable bonds is 3. The Labute approximate surface area is 103 Å². The third kappa shape index (κ3) is 2.08. The zero-order valence-corrected chi connectivity index (χ0v) is 9.50. The van der Waals surface area contributed by atoms with Crippen molar-refractivity contribution in [3.05, 3.63) is 48.7 Å². The number of hydrogen-bond donors (Lipinski definition) is 2. The normalized spacial score (nSPS) is 10.7. The zero-order chi connectivity index (χ0) is 12.4. The van der Waals surface area contributed by atoms with Gasteiger partial charge in [-0.25, -0.2) is 9.97 Å². The fourth-order valence-electron chi connectivity index (χ4n) is 1.75. The second kappa shape index (κ2) is 4.33. The number of aromatic nitrogens is 4. The van der Waals surface area contributed by atoms with Gasteiger partial charge in [0.1, 0.15) is 5.65 Å². The van der Waals surface area contributed by atoms with Gasteiger partial charge in [0.15, 0.2) is 0 Å². The van der Waals surface area contributed by atoms with Crippen molar-refractivity contribution in [2.45, 2.75) is 6.42 Å². The Kier molecular flexibility index (Phi) is 2.53. The van der Waals surface area contributed by atoms with E-state index in [0.29, 0.717) is 5.95 Å². The van der Waals surface area contributed by atoms with Gasteiger partial charge in [-0.2, -0.15) is 0 Å². The summed E-state index contributed by atoms with van der Waals surface area (Å²) in [5.74, 6) is 0.303. The molecule has 0 saturated carbocycles. The Bertz CT molecular complexity index is 638. The Morgan fingerprint density at radius 3 is 3.17 bits per heavy atom. The van der Waals surface area contributed by atoms with Crippen LogP contribution in [0, 0.1) is 0 Å². The van der Waals surface area contributed by atoms with Crippen LogP contribution in [0.2, 0.25) is 0 Å². The van der Waals surface area contributed by atoms with E-state index in [1.54, 1.807) is 12.4 Å². The van der Waals surface area contributed by atoms with Crippen LogP contribution >= 0.6 is 0 Å². The van der Waals surface area contributed by atoms with Crippen molar-refractivity contribution in [3.63, 3.8) is 0 Å². The zero-order valence-electron chi connectivity index (χ0n) is 9.50. The SMILES string of the molecule is O=C(Cc1cn2ccccc2n1)Nc1ncc[nH]1. The highest BCUT2D eigenvalue weighted by Gasteiger charge is 2.08. The van der Waals surface area contributed by atoms with Gasteiger partial charge in [0, 0.05) is 24.8 Å². The standard InChI is InChI=1S/C12H11N5O/c18-11(16-12-13-4-5-14-12)7-9-8-17-6-2-1-3-10(17)15-9/h1-6,8H,7H2,(H2,13,14,16,18). The molecule has 0 aliphatic rings. The molecule has 0 saturated heterocycles. The van der Waals surface area contributed by atoms with Gasteiger partial charge in [-0.05, 0) is 12.1 Å². The van der Waals surface area contributed by atoms with Gasteiger partial charge < -0.3 is 9.38 Å². The third-order valence-electron chi connectivity index (χ3n) is 2.51. The van der Waals surface area contributed by atoms with E-state index in [1.165, 1.54) is 0 Å². The molecule has 0 aliphatic carbocycles. The second-order valence-electron chi connectivity index (χ2n) is 3.86. The van der Waals surface area contributed by atoms with E-state index in [9.17, 15) is 4.79 Å². The lowest BCUT2D eigenvalue weighted by Gasteiger charge is -1.98. The molecule has 0 aliphatic heterocycles. The minimum absolute atomic E-state index is 0.145. The van der Waals surface area contributed by atoms with Crippen molar-refractivity contribution in [1.29, 1.82) is 0 Å². The molecule has 0 bridgehead atoms. The van der Waals surface area contributed by atoms with Gasteiger partial charge in [0.05, 0.1) is 12.1 Å². The number of carbonyl (C=O) groups excluding carboxylic acids is 1. The average Bonchev–Trinajstić information content (AvgIpc) is 2.96. The molecule has 0 spiro atoms. The molecule has 0 radical (unpaired) electrons. The summed E-state index contributed by atoms with van der Waals surface area (Å²) in [4.78, 5) is 22.8. The van der Waals surface area contributed by atoms with Crippen molar-refractivity contribution in [2.75, 3.05) is 5.32 Å². The summed E-state index contributed by atoms with van der Waals surface area (Å²) < 4.78 is 1.88. The van der Waals surface area contributed by atoms with Gasteiger partial charge >= 0.3 is 0 Å². The predicted octanol–water partition coefficient (Wildman–Crippen LogP) is 1.24. The fraction of sp³-hybridized carbons (Fsp3) is 0.0833. The lowest BCUT2D eigenvalue weighted by molar-refractivity contribution is -0.115. The van der Waals surface area contributed by atoms with Crippen molar-refractivity contribution in [1.82, 2.24) is 19.4 Å². The van der Waals surface area contributed by atoms with E-state index < -0.39 is 0 Å². The van der Waals surface area contributed by atoms with Crippen LogP contribution in [0.1, 0.15) is 5.69 Å². The first-order chi connectivity index (χ1) is 8.81. The molecule has 2 N–H and O–H groups in total. The monoisotopic (exact) mass is 241 g/mol. The molecule has 0 unspecified atom stereocenters. The van der Waals surface area contributed by atoms with Gasteiger partial charge in [0.2, 0.25) is 11.9 Å². The van der Waals surface area contributed by atoms with Crippen LogP contribution in [-0.2, 0) is 11.2 Å². The van der Waals surface area contributed by atoms with E-state index in [1.807, 2.05) is 35.0 Å². The number of imidazole rings is 2. The number of nitrogens with one attached hydrogen (secondary N) is 2. The molecule has 6 heteroatoms. The molecule has 6 nitrogen and oxygen atoms in total. The maximum atomic E-state index is 11.7. The van der Waals surface area contributed by atoms with Crippen molar-refractivity contribution in [3.8, 4) is 0 Å². The summed E-state index contributed by atoms with van der Waals surface area (Å²) in [6.45, 7) is 0. The Hall–Kier alpha value is -2.63. The molecule has 3 aromatic rings. The molecule has 18 heavy (non-hydrogen) atoms. The molecule has 3 rings (SSSR count). The number of H-pyrrole nitrogens is 1. The highest BCUT2D eigenvalue weighted by Crippen LogP contribution is 2.06. The minimum Gasteiger partial charge on any atom is -0.331 e. The van der Waals surface area contributed by atoms with E-state index in [4.69, 9.17) is 0 Å². The summed E-state index contributed by atoms with van der Waals surface area (Å²) in [6.07, 6.45) is 7.21. The first-order valence-corrected chi connectivity index (χ1v) is 5.53. The number of carbonyl (C=O) groups is 1. The van der Waals surface area contributed by atoms with Crippen LogP contribution in [0.5, 0.6) is 0 Å². The van der Waals surface area contributed by atoms with Crippen LogP contribution in [-0.4, -0.2) is 25.3 Å². The highest BCUT2D eigenvalue weighted by molar-refractivity contribution is 5.90. The van der Waals surface area contributed by atoms with Gasteiger partial charge in [0.25, 0.3) is 0 Å². The molecule has 3 heterocycles. The summed E-state index contributed by atoms with van der Waals surface area (Å²) in [5, 5.41) is 2.66. The van der Waals surface area contributed by atoms with Crippen LogP contribution < -0.4 is 5.32 Å². The Balaban J connectivity index is 1.74. The number of nitrogens with zero attached hydrogens (tertiary/aromatic N) is 3. The average molecular weight is 241 g/mol. The van der Waals surface area contributed by atoms with Crippen LogP contribution in [0.3, 0.4) is 0 Å². The first kappa shape index (κ1) is 10.5. The first-order valence-electron chi connectivity index (χ1n) is 5.53. The molecular weight excluding hydrogens is 230 g/mol. The van der Waals surface area contributed by atoms with Crippen LogP contribution in [0.25, 0.3) is 5.65 Å². The topological polar surface area (TPSA) is 75.1 Å². The number of hydrogen-bond acceptors (Lipinski definition) is 3. The quantitative estimate of drug-likeness (QED) is 0.724. The number of aromatic amines is 1. The van der Waals surface area contributed by atoms with Crippen molar-refractivity contribution < 1.29 is 4.79 Å². The third-order valence-corrected chi connectivity index (χ3v) is 2.51. The molecule has 0 atom stereocenters. The number of anilines is 1. The molecule has 0 aromatic carbocycles. The Morgan fingerprint density at radius 1 is 1.44 bits per heavy atom. The molecule has 3 aromatic heterocycles. The van der Waals surface area contributed by atoms with E-state index >= 15 is 0 Å². The Morgan fingerprint density at radius 2 is 2.39 bits per heavy atom. The number of fused-ring (bicyclic) bond motifs is 1. The molecule has 0 fully saturated rings. The largest absolute Gasteiger partial charge is 0.331 e. The molecule has 1 amide bonds. The van der Waals surface area contributed by atoms with E-state index in [-0.39, 0.29) is 12.3 Å². The van der Waals surface area contributed by atoms with E-state index in [2.05, 4.69) is 20.3 Å². The summed E-state index contributed by atoms with van der Waals surface area (Å²) in [5.41, 5.74) is 1.56. The maximum absolute atomic E-state index is 11.7. The summed E-state index contributed by atoms with van der Waals surface area (Å²) in [7, 11) is 0. The van der Waals surface area contributed by atoms with Crippen molar-refractivity contribution in [2.24, 2.45) is 0 Å². The summed E-state index contributed by atoms with van der Waals surface area (Å²) in [6, 6.07) is 5.73. The second-order valence-corrected chi connectivity index (χ2v) is 3.86. The molecular formula is C12H11N5O. The van der Waals surface area contributed by atoms with E-state index in [0.717, 1.165) is 11.3 Å². The molecule has 90 valence electrons. The maximum Gasteiger partial charge on any atom is 0.232 e. The fourth-order valence-corrected chi connectivity index (χ4v) is 1.75. The number of amides is 1. The lowest BCUT2D eigenvalue weighted by Crippen LogP contribution is -2.15. The minimum atomic E-state index is -0.145. The highest BCUT2D eigenvalue weighted by atomic mass is 16.1. The van der Waals surface area contributed by atoms with Gasteiger partial charge in [-0.3, -0.25) is 10.1 Å². The summed E-state index contributed by atoms with van der Waals surface area (Å²) >= 11 is 0. The van der Waals surface area contributed by atoms with Gasteiger partial charge in [-0.1, -0.05) is 6.07 Å². The number of pyridine rings is 1.